The van der Waals surface area contributed by atoms with Crippen LogP contribution in [0.2, 0.25) is 0 Å². The highest BCUT2D eigenvalue weighted by atomic mass is 32.2. The summed E-state index contributed by atoms with van der Waals surface area (Å²) in [7, 11) is 0. The first-order valence-electron chi connectivity index (χ1n) is 5.85. The number of phenols is 1. The number of aromatic hydroxyl groups is 1. The first-order chi connectivity index (χ1) is 8.74. The van der Waals surface area contributed by atoms with E-state index in [1.807, 2.05) is 36.4 Å². The van der Waals surface area contributed by atoms with Crippen LogP contribution in [0.15, 0.2) is 53.4 Å². The van der Waals surface area contributed by atoms with Gasteiger partial charge in [-0.05, 0) is 43.3 Å². The molecule has 0 amide bonds. The predicted octanol–water partition coefficient (Wildman–Crippen LogP) is 3.87. The second-order valence-corrected chi connectivity index (χ2v) is 5.17. The lowest BCUT2D eigenvalue weighted by molar-refractivity contribution is 0.344. The molecule has 2 aromatic rings. The fourth-order valence-electron chi connectivity index (χ4n) is 1.50. The van der Waals surface area contributed by atoms with Gasteiger partial charge in [-0.3, -0.25) is 0 Å². The minimum absolute atomic E-state index is 0.301. The standard InChI is InChI=1S/C15H16O2S/c1-12-2-6-14(7-3-12)17-10-11-18-15-8-4-13(16)5-9-15/h2-9,16H,10-11H2,1H3. The molecule has 0 aromatic heterocycles. The quantitative estimate of drug-likeness (QED) is 0.653. The van der Waals surface area contributed by atoms with E-state index in [1.165, 1.54) is 5.56 Å². The van der Waals surface area contributed by atoms with E-state index in [0.717, 1.165) is 16.4 Å². The summed E-state index contributed by atoms with van der Waals surface area (Å²) >= 11 is 1.72. The molecule has 0 radical (unpaired) electrons. The van der Waals surface area contributed by atoms with Crippen LogP contribution in [0.1, 0.15) is 5.56 Å². The lowest BCUT2D eigenvalue weighted by Crippen LogP contribution is -1.99. The van der Waals surface area contributed by atoms with Crippen LogP contribution in [0.5, 0.6) is 11.5 Å². The summed E-state index contributed by atoms with van der Waals surface area (Å²) in [6.45, 7) is 2.74. The van der Waals surface area contributed by atoms with Gasteiger partial charge in [0.25, 0.3) is 0 Å². The van der Waals surface area contributed by atoms with Crippen molar-refractivity contribution in [3.63, 3.8) is 0 Å². The first-order valence-corrected chi connectivity index (χ1v) is 6.84. The second kappa shape index (κ2) is 6.36. The van der Waals surface area contributed by atoms with E-state index in [2.05, 4.69) is 6.92 Å². The van der Waals surface area contributed by atoms with Gasteiger partial charge in [-0.25, -0.2) is 0 Å². The third-order valence-corrected chi connectivity index (χ3v) is 3.45. The van der Waals surface area contributed by atoms with Crippen LogP contribution >= 0.6 is 11.8 Å². The van der Waals surface area contributed by atoms with Crippen LogP contribution in [-0.4, -0.2) is 17.5 Å². The van der Waals surface area contributed by atoms with E-state index >= 15 is 0 Å². The fourth-order valence-corrected chi connectivity index (χ4v) is 2.23. The molecule has 0 bridgehead atoms. The van der Waals surface area contributed by atoms with Crippen molar-refractivity contribution in [1.82, 2.24) is 0 Å². The third-order valence-electron chi connectivity index (χ3n) is 2.48. The molecule has 0 aliphatic carbocycles. The van der Waals surface area contributed by atoms with Gasteiger partial charge >= 0.3 is 0 Å². The second-order valence-electron chi connectivity index (χ2n) is 4.00. The van der Waals surface area contributed by atoms with E-state index in [4.69, 9.17) is 9.84 Å². The number of rotatable bonds is 5. The highest BCUT2D eigenvalue weighted by Gasteiger charge is 1.96. The summed E-state index contributed by atoms with van der Waals surface area (Å²) < 4.78 is 5.64. The third kappa shape index (κ3) is 4.00. The van der Waals surface area contributed by atoms with Crippen LogP contribution in [0, 0.1) is 6.92 Å². The van der Waals surface area contributed by atoms with Crippen molar-refractivity contribution < 1.29 is 9.84 Å². The Morgan fingerprint density at radius 3 is 2.33 bits per heavy atom. The number of thioether (sulfide) groups is 1. The average Bonchev–Trinajstić information content (AvgIpc) is 2.39. The van der Waals surface area contributed by atoms with Gasteiger partial charge in [0.15, 0.2) is 0 Å². The molecule has 0 heterocycles. The molecule has 0 atom stereocenters. The van der Waals surface area contributed by atoms with Crippen molar-refractivity contribution in [2.24, 2.45) is 0 Å². The molecule has 2 aromatic carbocycles. The van der Waals surface area contributed by atoms with Crippen LogP contribution in [0.4, 0.5) is 0 Å². The molecular formula is C15H16O2S. The Morgan fingerprint density at radius 2 is 1.67 bits per heavy atom. The molecule has 0 aliphatic rings. The molecular weight excluding hydrogens is 244 g/mol. The Hall–Kier alpha value is -1.61. The van der Waals surface area contributed by atoms with Crippen molar-refractivity contribution in [3.05, 3.63) is 54.1 Å². The highest BCUT2D eigenvalue weighted by molar-refractivity contribution is 7.99. The largest absolute Gasteiger partial charge is 0.508 e. The zero-order chi connectivity index (χ0) is 12.8. The Morgan fingerprint density at radius 1 is 1.00 bits per heavy atom. The smallest absolute Gasteiger partial charge is 0.119 e. The van der Waals surface area contributed by atoms with Crippen molar-refractivity contribution in [3.8, 4) is 11.5 Å². The van der Waals surface area contributed by atoms with Crippen molar-refractivity contribution in [2.75, 3.05) is 12.4 Å². The van der Waals surface area contributed by atoms with Gasteiger partial charge in [-0.1, -0.05) is 17.7 Å². The summed E-state index contributed by atoms with van der Waals surface area (Å²) in [5.74, 6) is 2.10. The molecule has 2 nitrogen and oxygen atoms in total. The molecule has 94 valence electrons. The maximum absolute atomic E-state index is 9.17. The van der Waals surface area contributed by atoms with Crippen LogP contribution in [-0.2, 0) is 0 Å². The summed E-state index contributed by atoms with van der Waals surface area (Å²) in [6, 6.07) is 15.3. The molecule has 0 saturated carbocycles. The summed E-state index contributed by atoms with van der Waals surface area (Å²) in [5, 5.41) is 9.17. The molecule has 0 saturated heterocycles. The Labute approximate surface area is 112 Å². The summed E-state index contributed by atoms with van der Waals surface area (Å²) in [5.41, 5.74) is 1.24. The Kier molecular flexibility index (Phi) is 4.53. The van der Waals surface area contributed by atoms with Crippen LogP contribution in [0.25, 0.3) is 0 Å². The van der Waals surface area contributed by atoms with Gasteiger partial charge in [-0.15, -0.1) is 11.8 Å². The molecule has 3 heteroatoms. The van der Waals surface area contributed by atoms with Gasteiger partial charge in [0.1, 0.15) is 11.5 Å². The lowest BCUT2D eigenvalue weighted by atomic mass is 10.2. The van der Waals surface area contributed by atoms with E-state index in [0.29, 0.717) is 12.4 Å². The number of ether oxygens (including phenoxy) is 1. The molecule has 18 heavy (non-hydrogen) atoms. The number of aryl methyl sites for hydroxylation is 1. The maximum Gasteiger partial charge on any atom is 0.119 e. The molecule has 0 aliphatic heterocycles. The zero-order valence-electron chi connectivity index (χ0n) is 10.3. The topological polar surface area (TPSA) is 29.5 Å². The predicted molar refractivity (Wildman–Crippen MR) is 75.5 cm³/mol. The zero-order valence-corrected chi connectivity index (χ0v) is 11.1. The normalized spacial score (nSPS) is 10.3. The monoisotopic (exact) mass is 260 g/mol. The maximum atomic E-state index is 9.17. The van der Waals surface area contributed by atoms with Crippen molar-refractivity contribution in [1.29, 1.82) is 0 Å². The highest BCUT2D eigenvalue weighted by Crippen LogP contribution is 2.20. The van der Waals surface area contributed by atoms with E-state index in [-0.39, 0.29) is 0 Å². The number of hydrogen-bond acceptors (Lipinski definition) is 3. The molecule has 2 rings (SSSR count). The van der Waals surface area contributed by atoms with Gasteiger partial charge in [0.05, 0.1) is 6.61 Å². The van der Waals surface area contributed by atoms with E-state index in [1.54, 1.807) is 23.9 Å². The van der Waals surface area contributed by atoms with Gasteiger partial charge in [0, 0.05) is 10.6 Å². The molecule has 0 unspecified atom stereocenters. The van der Waals surface area contributed by atoms with Gasteiger partial charge in [0.2, 0.25) is 0 Å². The number of hydrogen-bond donors (Lipinski definition) is 1. The number of phenolic OH excluding ortho intramolecular Hbond substituents is 1. The SMILES string of the molecule is Cc1ccc(OCCSc2ccc(O)cc2)cc1. The van der Waals surface area contributed by atoms with E-state index in [9.17, 15) is 0 Å². The summed E-state index contributed by atoms with van der Waals surface area (Å²) in [6.07, 6.45) is 0. The summed E-state index contributed by atoms with van der Waals surface area (Å²) in [4.78, 5) is 1.14. The lowest BCUT2D eigenvalue weighted by Gasteiger charge is -2.06. The molecule has 1 N–H and O–H groups in total. The molecule has 0 fully saturated rings. The first kappa shape index (κ1) is 12.8. The van der Waals surface area contributed by atoms with Crippen LogP contribution < -0.4 is 4.74 Å². The average molecular weight is 260 g/mol. The number of benzene rings is 2. The Balaban J connectivity index is 1.73. The van der Waals surface area contributed by atoms with Crippen LogP contribution in [0.3, 0.4) is 0 Å². The van der Waals surface area contributed by atoms with Gasteiger partial charge in [-0.2, -0.15) is 0 Å². The Bertz CT molecular complexity index is 429. The minimum atomic E-state index is 0.301. The van der Waals surface area contributed by atoms with Crippen molar-refractivity contribution >= 4 is 11.8 Å². The molecule has 0 spiro atoms. The van der Waals surface area contributed by atoms with E-state index < -0.39 is 0 Å². The van der Waals surface area contributed by atoms with Gasteiger partial charge < -0.3 is 9.84 Å². The van der Waals surface area contributed by atoms with Crippen molar-refractivity contribution in [2.45, 2.75) is 11.8 Å². The fraction of sp³-hybridized carbons (Fsp3) is 0.200. The minimum Gasteiger partial charge on any atom is -0.508 e.